The van der Waals surface area contributed by atoms with Crippen molar-refractivity contribution >= 4 is 5.69 Å². The van der Waals surface area contributed by atoms with Gasteiger partial charge in [-0.3, -0.25) is 4.98 Å². The van der Waals surface area contributed by atoms with Crippen LogP contribution in [0.25, 0.3) is 0 Å². The maximum absolute atomic E-state index is 12.4. The Morgan fingerprint density at radius 2 is 1.74 bits per heavy atom. The topological polar surface area (TPSA) is 24.9 Å². The molecule has 0 aliphatic heterocycles. The van der Waals surface area contributed by atoms with Crippen LogP contribution in [0.3, 0.4) is 0 Å². The lowest BCUT2D eigenvalue weighted by atomic mass is 10.1. The third-order valence-corrected chi connectivity index (χ3v) is 2.94. The maximum Gasteiger partial charge on any atom is 0.263 e. The van der Waals surface area contributed by atoms with Crippen molar-refractivity contribution in [3.63, 3.8) is 0 Å². The number of halogens is 2. The number of anilines is 1. The second kappa shape index (κ2) is 5.78. The first-order valence-corrected chi connectivity index (χ1v) is 6.11. The number of alkyl halides is 2. The molecule has 0 unspecified atom stereocenters. The minimum atomic E-state index is -2.41. The van der Waals surface area contributed by atoms with Gasteiger partial charge in [0.2, 0.25) is 0 Å². The smallest absolute Gasteiger partial charge is 0.263 e. The van der Waals surface area contributed by atoms with E-state index in [9.17, 15) is 8.78 Å². The van der Waals surface area contributed by atoms with Gasteiger partial charge in [0.05, 0.1) is 11.4 Å². The van der Waals surface area contributed by atoms with Crippen molar-refractivity contribution in [2.45, 2.75) is 26.8 Å². The number of nitrogens with zero attached hydrogens (tertiary/aromatic N) is 1. The molecule has 0 radical (unpaired) electrons. The predicted octanol–water partition coefficient (Wildman–Crippen LogP) is 4.25. The van der Waals surface area contributed by atoms with Crippen molar-refractivity contribution in [1.29, 1.82) is 0 Å². The fourth-order valence-electron chi connectivity index (χ4n) is 1.85. The van der Waals surface area contributed by atoms with Crippen LogP contribution in [0.15, 0.2) is 36.4 Å². The van der Waals surface area contributed by atoms with Crippen LogP contribution >= 0.6 is 0 Å². The van der Waals surface area contributed by atoms with Gasteiger partial charge in [-0.2, -0.15) is 0 Å². The molecular weight excluding hydrogens is 246 g/mol. The molecule has 1 heterocycles. The number of aromatic nitrogens is 1. The minimum Gasteiger partial charge on any atom is -0.380 e. The zero-order valence-electron chi connectivity index (χ0n) is 11.0. The summed E-state index contributed by atoms with van der Waals surface area (Å²) in [5, 5.41) is 3.26. The third kappa shape index (κ3) is 3.50. The first kappa shape index (κ1) is 13.5. The monoisotopic (exact) mass is 262 g/mol. The second-order valence-electron chi connectivity index (χ2n) is 4.48. The summed E-state index contributed by atoms with van der Waals surface area (Å²) < 4.78 is 24.8. The molecule has 0 saturated carbocycles. The summed E-state index contributed by atoms with van der Waals surface area (Å²) in [6, 6.07) is 10.3. The Morgan fingerprint density at radius 1 is 1.05 bits per heavy atom. The Morgan fingerprint density at radius 3 is 2.32 bits per heavy atom. The molecule has 100 valence electrons. The van der Waals surface area contributed by atoms with E-state index >= 15 is 0 Å². The molecule has 19 heavy (non-hydrogen) atoms. The highest BCUT2D eigenvalue weighted by Gasteiger charge is 2.06. The van der Waals surface area contributed by atoms with Crippen LogP contribution < -0.4 is 5.32 Å². The van der Waals surface area contributed by atoms with Gasteiger partial charge in [0.1, 0.15) is 0 Å². The van der Waals surface area contributed by atoms with Crippen molar-refractivity contribution in [1.82, 2.24) is 4.98 Å². The van der Waals surface area contributed by atoms with Gasteiger partial charge in [0.25, 0.3) is 6.43 Å². The average Bonchev–Trinajstić information content (AvgIpc) is 2.38. The van der Waals surface area contributed by atoms with Gasteiger partial charge < -0.3 is 5.32 Å². The summed E-state index contributed by atoms with van der Waals surface area (Å²) in [4.78, 5) is 4.36. The zero-order valence-corrected chi connectivity index (χ0v) is 11.0. The number of rotatable bonds is 4. The molecule has 4 heteroatoms. The number of hydrogen-bond acceptors (Lipinski definition) is 2. The molecule has 0 atom stereocenters. The largest absolute Gasteiger partial charge is 0.380 e. The van der Waals surface area contributed by atoms with Crippen LogP contribution in [0.2, 0.25) is 0 Å². The second-order valence-corrected chi connectivity index (χ2v) is 4.48. The quantitative estimate of drug-likeness (QED) is 0.891. The van der Waals surface area contributed by atoms with Crippen LogP contribution in [-0.2, 0) is 6.54 Å². The van der Waals surface area contributed by atoms with E-state index in [0.717, 1.165) is 22.6 Å². The fourth-order valence-corrected chi connectivity index (χ4v) is 1.85. The van der Waals surface area contributed by atoms with Crippen molar-refractivity contribution in [3.05, 3.63) is 58.9 Å². The molecular formula is C15H16F2N2. The third-order valence-electron chi connectivity index (χ3n) is 2.94. The molecule has 2 aromatic rings. The van der Waals surface area contributed by atoms with Gasteiger partial charge in [-0.15, -0.1) is 0 Å². The average molecular weight is 262 g/mol. The van der Waals surface area contributed by atoms with E-state index < -0.39 is 6.43 Å². The lowest BCUT2D eigenvalue weighted by Crippen LogP contribution is -2.02. The summed E-state index contributed by atoms with van der Waals surface area (Å²) in [5.74, 6) is 0. The van der Waals surface area contributed by atoms with Gasteiger partial charge in [-0.1, -0.05) is 24.3 Å². The van der Waals surface area contributed by atoms with Crippen molar-refractivity contribution in [2.75, 3.05) is 5.32 Å². The highest BCUT2D eigenvalue weighted by Crippen LogP contribution is 2.19. The van der Waals surface area contributed by atoms with Gasteiger partial charge in [0, 0.05) is 17.8 Å². The zero-order chi connectivity index (χ0) is 13.8. The van der Waals surface area contributed by atoms with Crippen LogP contribution in [0.4, 0.5) is 14.5 Å². The number of pyridine rings is 1. The standard InChI is InChI=1S/C15H16F2N2/c1-10-3-8-14(11(2)19-10)18-9-12-4-6-13(7-5-12)15(16)17/h3-8,15,18H,9H2,1-2H3. The molecule has 1 N–H and O–H groups in total. The van der Waals surface area contributed by atoms with Gasteiger partial charge in [-0.05, 0) is 31.5 Å². The van der Waals surface area contributed by atoms with Crippen LogP contribution in [0.1, 0.15) is 28.9 Å². The van der Waals surface area contributed by atoms with E-state index in [1.54, 1.807) is 12.1 Å². The molecule has 1 aromatic heterocycles. The Balaban J connectivity index is 2.02. The highest BCUT2D eigenvalue weighted by atomic mass is 19.3. The van der Waals surface area contributed by atoms with Gasteiger partial charge in [0.15, 0.2) is 0 Å². The Labute approximate surface area is 111 Å². The lowest BCUT2D eigenvalue weighted by Gasteiger charge is -2.10. The summed E-state index contributed by atoms with van der Waals surface area (Å²) in [6.07, 6.45) is -2.41. The van der Waals surface area contributed by atoms with Crippen LogP contribution in [-0.4, -0.2) is 4.98 Å². The maximum atomic E-state index is 12.4. The van der Waals surface area contributed by atoms with Crippen molar-refractivity contribution in [2.24, 2.45) is 0 Å². The van der Waals surface area contributed by atoms with Crippen molar-refractivity contribution < 1.29 is 8.78 Å². The summed E-state index contributed by atoms with van der Waals surface area (Å²) in [6.45, 7) is 4.48. The van der Waals surface area contributed by atoms with E-state index in [4.69, 9.17) is 0 Å². The Bertz CT molecular complexity index is 551. The highest BCUT2D eigenvalue weighted by molar-refractivity contribution is 5.48. The normalized spacial score (nSPS) is 10.8. The molecule has 0 bridgehead atoms. The molecule has 0 aliphatic carbocycles. The van der Waals surface area contributed by atoms with Crippen LogP contribution in [0.5, 0.6) is 0 Å². The fraction of sp³-hybridized carbons (Fsp3) is 0.267. The molecule has 0 spiro atoms. The molecule has 0 fully saturated rings. The number of hydrogen-bond donors (Lipinski definition) is 1. The molecule has 1 aromatic carbocycles. The minimum absolute atomic E-state index is 0.0527. The predicted molar refractivity (Wildman–Crippen MR) is 72.4 cm³/mol. The van der Waals surface area contributed by atoms with E-state index in [2.05, 4.69) is 10.3 Å². The number of nitrogens with one attached hydrogen (secondary N) is 1. The number of benzene rings is 1. The van der Waals surface area contributed by atoms with E-state index in [0.29, 0.717) is 6.54 Å². The van der Waals surface area contributed by atoms with E-state index in [1.165, 1.54) is 12.1 Å². The molecule has 0 amide bonds. The first-order valence-electron chi connectivity index (χ1n) is 6.11. The number of aryl methyl sites for hydroxylation is 2. The van der Waals surface area contributed by atoms with Gasteiger partial charge in [-0.25, -0.2) is 8.78 Å². The summed E-state index contributed by atoms with van der Waals surface area (Å²) in [7, 11) is 0. The van der Waals surface area contributed by atoms with Crippen molar-refractivity contribution in [3.8, 4) is 0 Å². The van der Waals surface area contributed by atoms with Crippen LogP contribution in [0, 0.1) is 13.8 Å². The summed E-state index contributed by atoms with van der Waals surface area (Å²) >= 11 is 0. The molecule has 2 nitrogen and oxygen atoms in total. The Hall–Kier alpha value is -1.97. The Kier molecular flexibility index (Phi) is 4.10. The van der Waals surface area contributed by atoms with E-state index in [1.807, 2.05) is 26.0 Å². The molecule has 0 saturated heterocycles. The summed E-state index contributed by atoms with van der Waals surface area (Å²) in [5.41, 5.74) is 3.89. The molecule has 2 rings (SSSR count). The molecule has 0 aliphatic rings. The first-order chi connectivity index (χ1) is 9.06. The van der Waals surface area contributed by atoms with Gasteiger partial charge >= 0.3 is 0 Å². The van der Waals surface area contributed by atoms with E-state index in [-0.39, 0.29) is 5.56 Å². The lowest BCUT2D eigenvalue weighted by molar-refractivity contribution is 0.151. The SMILES string of the molecule is Cc1ccc(NCc2ccc(C(F)F)cc2)c(C)n1.